The molecule has 6 heteroatoms. The second-order valence-electron chi connectivity index (χ2n) is 4.67. The van der Waals surface area contributed by atoms with Crippen LogP contribution >= 0.6 is 27.5 Å². The van der Waals surface area contributed by atoms with E-state index in [-0.39, 0.29) is 5.91 Å². The van der Waals surface area contributed by atoms with Gasteiger partial charge in [0.05, 0.1) is 6.21 Å². The molecule has 114 valence electrons. The Kier molecular flexibility index (Phi) is 5.98. The number of hydrogen-bond acceptors (Lipinski definition) is 3. The minimum Gasteiger partial charge on any atom is -0.374 e. The normalized spacial score (nSPS) is 12.1. The van der Waals surface area contributed by atoms with Crippen LogP contribution < -0.4 is 10.7 Å². The highest BCUT2D eigenvalue weighted by atomic mass is 79.9. The van der Waals surface area contributed by atoms with E-state index in [0.717, 1.165) is 15.7 Å². The highest BCUT2D eigenvalue weighted by Crippen LogP contribution is 2.16. The van der Waals surface area contributed by atoms with E-state index in [1.165, 1.54) is 0 Å². The number of nitrogens with zero attached hydrogens (tertiary/aromatic N) is 1. The van der Waals surface area contributed by atoms with Gasteiger partial charge in [-0.05, 0) is 42.8 Å². The number of nitrogens with one attached hydrogen (secondary N) is 2. The second kappa shape index (κ2) is 7.96. The number of benzene rings is 2. The van der Waals surface area contributed by atoms with Gasteiger partial charge in [-0.2, -0.15) is 5.10 Å². The Bertz CT molecular complexity index is 691. The summed E-state index contributed by atoms with van der Waals surface area (Å²) in [4.78, 5) is 12.0. The van der Waals surface area contributed by atoms with Gasteiger partial charge < -0.3 is 5.32 Å². The fourth-order valence-corrected chi connectivity index (χ4v) is 2.35. The summed E-state index contributed by atoms with van der Waals surface area (Å²) in [5, 5.41) is 7.66. The van der Waals surface area contributed by atoms with Gasteiger partial charge in [0.1, 0.15) is 6.04 Å². The summed E-state index contributed by atoms with van der Waals surface area (Å²) in [6, 6.07) is 14.4. The largest absolute Gasteiger partial charge is 0.374 e. The fourth-order valence-electron chi connectivity index (χ4n) is 1.75. The highest BCUT2D eigenvalue weighted by molar-refractivity contribution is 9.10. The summed E-state index contributed by atoms with van der Waals surface area (Å²) >= 11 is 9.26. The van der Waals surface area contributed by atoms with Gasteiger partial charge in [-0.15, -0.1) is 0 Å². The summed E-state index contributed by atoms with van der Waals surface area (Å²) in [7, 11) is 0. The Morgan fingerprint density at radius 1 is 1.27 bits per heavy atom. The first kappa shape index (κ1) is 16.5. The van der Waals surface area contributed by atoms with Crippen molar-refractivity contribution in [3.05, 3.63) is 63.6 Å². The van der Waals surface area contributed by atoms with E-state index in [1.54, 1.807) is 25.3 Å². The number of amides is 1. The number of carbonyl (C=O) groups excluding carboxylic acids is 1. The summed E-state index contributed by atoms with van der Waals surface area (Å²) in [5.74, 6) is -0.224. The average Bonchev–Trinajstić information content (AvgIpc) is 2.47. The van der Waals surface area contributed by atoms with E-state index in [1.807, 2.05) is 36.4 Å². The smallest absolute Gasteiger partial charge is 0.262 e. The van der Waals surface area contributed by atoms with Crippen LogP contribution in [0.4, 0.5) is 5.69 Å². The van der Waals surface area contributed by atoms with E-state index in [0.29, 0.717) is 5.02 Å². The van der Waals surface area contributed by atoms with E-state index >= 15 is 0 Å². The summed E-state index contributed by atoms with van der Waals surface area (Å²) in [5.41, 5.74) is 4.18. The molecular weight excluding hydrogens is 366 g/mol. The first-order valence-corrected chi connectivity index (χ1v) is 7.82. The standard InChI is InChI=1S/C16H15BrClN3O/c1-11(20-15-7-3-5-13(17)9-15)16(22)21-19-10-12-4-2-6-14(18)8-12/h2-11,20H,1H3,(H,21,22)/b19-10-/t11-/m0/s1. The first-order valence-electron chi connectivity index (χ1n) is 6.65. The van der Waals surface area contributed by atoms with Crippen LogP contribution in [-0.2, 0) is 4.79 Å². The van der Waals surface area contributed by atoms with Gasteiger partial charge in [0.15, 0.2) is 0 Å². The molecule has 0 unspecified atom stereocenters. The topological polar surface area (TPSA) is 53.5 Å². The molecule has 0 radical (unpaired) electrons. The van der Waals surface area contributed by atoms with Crippen molar-refractivity contribution in [3.63, 3.8) is 0 Å². The molecule has 0 heterocycles. The van der Waals surface area contributed by atoms with E-state index in [2.05, 4.69) is 31.8 Å². The van der Waals surface area contributed by atoms with E-state index in [9.17, 15) is 4.79 Å². The zero-order valence-electron chi connectivity index (χ0n) is 11.9. The third-order valence-electron chi connectivity index (χ3n) is 2.84. The van der Waals surface area contributed by atoms with Crippen LogP contribution in [0, 0.1) is 0 Å². The third-order valence-corrected chi connectivity index (χ3v) is 3.57. The molecule has 0 aromatic heterocycles. The molecule has 0 bridgehead atoms. The fraction of sp³-hybridized carbons (Fsp3) is 0.125. The lowest BCUT2D eigenvalue weighted by molar-refractivity contribution is -0.121. The van der Waals surface area contributed by atoms with E-state index < -0.39 is 6.04 Å². The maximum absolute atomic E-state index is 12.0. The molecule has 1 amide bonds. The SMILES string of the molecule is C[C@H](Nc1cccc(Br)c1)C(=O)N/N=C\c1cccc(Cl)c1. The molecule has 0 aliphatic rings. The van der Waals surface area contributed by atoms with Gasteiger partial charge in [-0.1, -0.05) is 45.7 Å². The molecule has 22 heavy (non-hydrogen) atoms. The summed E-state index contributed by atoms with van der Waals surface area (Å²) in [6.07, 6.45) is 1.55. The lowest BCUT2D eigenvalue weighted by Gasteiger charge is -2.13. The summed E-state index contributed by atoms with van der Waals surface area (Å²) < 4.78 is 0.948. The maximum atomic E-state index is 12.0. The molecule has 4 nitrogen and oxygen atoms in total. The van der Waals surface area contributed by atoms with Crippen molar-refractivity contribution in [1.82, 2.24) is 5.43 Å². The first-order chi connectivity index (χ1) is 10.5. The minimum absolute atomic E-state index is 0.224. The van der Waals surface area contributed by atoms with Crippen LogP contribution in [0.25, 0.3) is 0 Å². The Morgan fingerprint density at radius 2 is 2.05 bits per heavy atom. The molecule has 0 saturated heterocycles. The lowest BCUT2D eigenvalue weighted by Crippen LogP contribution is -2.34. The second-order valence-corrected chi connectivity index (χ2v) is 6.02. The molecule has 2 N–H and O–H groups in total. The average molecular weight is 381 g/mol. The van der Waals surface area contributed by atoms with Gasteiger partial charge in [0.2, 0.25) is 0 Å². The predicted octanol–water partition coefficient (Wildman–Crippen LogP) is 4.05. The van der Waals surface area contributed by atoms with Crippen LogP contribution in [0.1, 0.15) is 12.5 Å². The van der Waals surface area contributed by atoms with Crippen molar-refractivity contribution in [2.24, 2.45) is 5.10 Å². The zero-order valence-corrected chi connectivity index (χ0v) is 14.2. The Hall–Kier alpha value is -1.85. The minimum atomic E-state index is -0.411. The maximum Gasteiger partial charge on any atom is 0.262 e. The third kappa shape index (κ3) is 5.16. The van der Waals surface area contributed by atoms with Gasteiger partial charge in [0.25, 0.3) is 5.91 Å². The molecule has 2 rings (SSSR count). The molecule has 2 aromatic carbocycles. The van der Waals surface area contributed by atoms with E-state index in [4.69, 9.17) is 11.6 Å². The van der Waals surface area contributed by atoms with Gasteiger partial charge in [0, 0.05) is 15.2 Å². The van der Waals surface area contributed by atoms with Crippen molar-refractivity contribution in [2.75, 3.05) is 5.32 Å². The van der Waals surface area contributed by atoms with Crippen LogP contribution in [-0.4, -0.2) is 18.2 Å². The Balaban J connectivity index is 1.89. The Morgan fingerprint density at radius 3 is 2.77 bits per heavy atom. The molecule has 0 fully saturated rings. The monoisotopic (exact) mass is 379 g/mol. The van der Waals surface area contributed by atoms with Crippen molar-refractivity contribution >= 4 is 45.3 Å². The highest BCUT2D eigenvalue weighted by Gasteiger charge is 2.11. The predicted molar refractivity (Wildman–Crippen MR) is 94.4 cm³/mol. The van der Waals surface area contributed by atoms with Gasteiger partial charge in [-0.25, -0.2) is 5.43 Å². The number of hydrogen-bond donors (Lipinski definition) is 2. The van der Waals surface area contributed by atoms with Crippen molar-refractivity contribution in [2.45, 2.75) is 13.0 Å². The number of hydrazone groups is 1. The molecular formula is C16H15BrClN3O. The number of carbonyl (C=O) groups is 1. The molecule has 0 aliphatic carbocycles. The number of anilines is 1. The summed E-state index contributed by atoms with van der Waals surface area (Å²) in [6.45, 7) is 1.77. The van der Waals surface area contributed by atoms with Crippen molar-refractivity contribution in [3.8, 4) is 0 Å². The molecule has 2 aromatic rings. The van der Waals surface area contributed by atoms with Crippen LogP contribution in [0.15, 0.2) is 58.1 Å². The number of rotatable bonds is 5. The molecule has 0 spiro atoms. The van der Waals surface area contributed by atoms with Gasteiger partial charge in [-0.3, -0.25) is 4.79 Å². The van der Waals surface area contributed by atoms with Crippen LogP contribution in [0.3, 0.4) is 0 Å². The van der Waals surface area contributed by atoms with Gasteiger partial charge >= 0.3 is 0 Å². The molecule has 0 aliphatic heterocycles. The van der Waals surface area contributed by atoms with Crippen LogP contribution in [0.2, 0.25) is 5.02 Å². The quantitative estimate of drug-likeness (QED) is 0.607. The molecule has 1 atom stereocenters. The molecule has 0 saturated carbocycles. The number of halogens is 2. The van der Waals surface area contributed by atoms with Crippen LogP contribution in [0.5, 0.6) is 0 Å². The van der Waals surface area contributed by atoms with Crippen molar-refractivity contribution in [1.29, 1.82) is 0 Å². The lowest BCUT2D eigenvalue weighted by atomic mass is 10.2. The Labute approximate surface area is 142 Å². The van der Waals surface area contributed by atoms with Crippen molar-refractivity contribution < 1.29 is 4.79 Å². The zero-order chi connectivity index (χ0) is 15.9.